The number of methoxy groups -OCH3 is 1. The summed E-state index contributed by atoms with van der Waals surface area (Å²) in [6.45, 7) is 11.7. The van der Waals surface area contributed by atoms with Gasteiger partial charge in [0, 0.05) is 50.7 Å². The van der Waals surface area contributed by atoms with Crippen LogP contribution >= 0.6 is 0 Å². The summed E-state index contributed by atoms with van der Waals surface area (Å²) in [5, 5.41) is 14.7. The van der Waals surface area contributed by atoms with Gasteiger partial charge in [0.05, 0.1) is 30.3 Å². The molecule has 4 atom stereocenters. The molecule has 9 heteroatoms. The average molecular weight is 498 g/mol. The zero-order valence-electron chi connectivity index (χ0n) is 22.1. The lowest BCUT2D eigenvalue weighted by molar-refractivity contribution is -0.147. The van der Waals surface area contributed by atoms with Crippen LogP contribution < -0.4 is 5.32 Å². The number of rotatable bonds is 9. The van der Waals surface area contributed by atoms with E-state index >= 15 is 0 Å². The van der Waals surface area contributed by atoms with E-state index in [0.29, 0.717) is 19.8 Å². The lowest BCUT2D eigenvalue weighted by Crippen LogP contribution is -2.53. The summed E-state index contributed by atoms with van der Waals surface area (Å²) >= 11 is 0. The molecule has 5 rings (SSSR count). The van der Waals surface area contributed by atoms with E-state index in [-0.39, 0.29) is 30.0 Å². The number of aryl methyl sites for hydroxylation is 2. The number of ether oxygens (including phenoxy) is 2. The van der Waals surface area contributed by atoms with Gasteiger partial charge in [-0.1, -0.05) is 17.3 Å². The number of carbonyl (C=O) groups excluding carboxylic acids is 1. The molecule has 1 saturated carbocycles. The molecule has 2 aliphatic carbocycles. The molecule has 1 N–H and O–H groups in total. The van der Waals surface area contributed by atoms with E-state index in [4.69, 9.17) is 19.1 Å². The van der Waals surface area contributed by atoms with Crippen molar-refractivity contribution in [3.8, 4) is 0 Å². The van der Waals surface area contributed by atoms with Gasteiger partial charge in [-0.2, -0.15) is 5.10 Å². The molecule has 9 nitrogen and oxygen atoms in total. The second-order valence-corrected chi connectivity index (χ2v) is 10.4. The topological polar surface area (TPSA) is 92.4 Å². The third-order valence-electron chi connectivity index (χ3n) is 7.80. The predicted molar refractivity (Wildman–Crippen MR) is 138 cm³/mol. The SMILES string of the molecule is COCCCN1N=C(C)C2C(c3c(C)noc3C)=CC([C@@H](C)N(C(=O)[C@H]3CNCCO3)C3CC3)=CC21. The number of hydrogen-bond acceptors (Lipinski definition) is 8. The van der Waals surface area contributed by atoms with Crippen LogP contribution in [-0.4, -0.2) is 90.9 Å². The maximum absolute atomic E-state index is 13.6. The Morgan fingerprint density at radius 3 is 2.78 bits per heavy atom. The Bertz CT molecular complexity index is 1050. The van der Waals surface area contributed by atoms with Crippen molar-refractivity contribution in [3.05, 3.63) is 34.7 Å². The lowest BCUT2D eigenvalue weighted by Gasteiger charge is -2.38. The zero-order chi connectivity index (χ0) is 25.4. The van der Waals surface area contributed by atoms with Gasteiger partial charge in [0.1, 0.15) is 11.9 Å². The molecule has 1 amide bonds. The fourth-order valence-electron chi connectivity index (χ4n) is 5.90. The van der Waals surface area contributed by atoms with Crippen molar-refractivity contribution in [3.63, 3.8) is 0 Å². The third-order valence-corrected chi connectivity index (χ3v) is 7.80. The molecule has 36 heavy (non-hydrogen) atoms. The van der Waals surface area contributed by atoms with Crippen LogP contribution in [0.25, 0.3) is 5.57 Å². The van der Waals surface area contributed by atoms with Gasteiger partial charge < -0.3 is 24.2 Å². The van der Waals surface area contributed by atoms with E-state index < -0.39 is 6.10 Å². The monoisotopic (exact) mass is 497 g/mol. The van der Waals surface area contributed by atoms with Crippen LogP contribution in [0.2, 0.25) is 0 Å². The van der Waals surface area contributed by atoms with E-state index in [1.54, 1.807) is 7.11 Å². The van der Waals surface area contributed by atoms with Crippen LogP contribution in [0.3, 0.4) is 0 Å². The Morgan fingerprint density at radius 2 is 2.14 bits per heavy atom. The molecule has 0 aromatic carbocycles. The fraction of sp³-hybridized carbons (Fsp3) is 0.667. The highest BCUT2D eigenvalue weighted by molar-refractivity contribution is 5.99. The maximum atomic E-state index is 13.6. The minimum absolute atomic E-state index is 0.0753. The van der Waals surface area contributed by atoms with Crippen LogP contribution in [0.5, 0.6) is 0 Å². The summed E-state index contributed by atoms with van der Waals surface area (Å²) in [6.07, 6.45) is 7.15. The Balaban J connectivity index is 1.50. The Hall–Kier alpha value is -2.49. The van der Waals surface area contributed by atoms with E-state index in [1.807, 2.05) is 13.8 Å². The Kier molecular flexibility index (Phi) is 7.32. The molecule has 2 aliphatic heterocycles. The Morgan fingerprint density at radius 1 is 1.33 bits per heavy atom. The van der Waals surface area contributed by atoms with Gasteiger partial charge in [0.15, 0.2) is 0 Å². The molecule has 0 spiro atoms. The van der Waals surface area contributed by atoms with Crippen LogP contribution in [0.1, 0.15) is 50.1 Å². The first-order chi connectivity index (χ1) is 17.4. The normalized spacial score (nSPS) is 26.8. The summed E-state index contributed by atoms with van der Waals surface area (Å²) < 4.78 is 16.7. The molecule has 2 unspecified atom stereocenters. The fourth-order valence-corrected chi connectivity index (χ4v) is 5.90. The van der Waals surface area contributed by atoms with Crippen molar-refractivity contribution in [1.29, 1.82) is 0 Å². The summed E-state index contributed by atoms with van der Waals surface area (Å²) in [4.78, 5) is 15.7. The number of nitrogens with one attached hydrogen (secondary N) is 1. The van der Waals surface area contributed by atoms with Crippen molar-refractivity contribution < 1.29 is 18.8 Å². The maximum Gasteiger partial charge on any atom is 0.253 e. The number of nitrogens with zero attached hydrogens (tertiary/aromatic N) is 4. The van der Waals surface area contributed by atoms with Gasteiger partial charge in [-0.3, -0.25) is 9.80 Å². The highest BCUT2D eigenvalue weighted by atomic mass is 16.5. The van der Waals surface area contributed by atoms with Crippen LogP contribution in [0, 0.1) is 19.8 Å². The van der Waals surface area contributed by atoms with E-state index in [2.05, 4.69) is 46.4 Å². The minimum atomic E-state index is -0.424. The first-order valence-corrected chi connectivity index (χ1v) is 13.2. The van der Waals surface area contributed by atoms with Crippen molar-refractivity contribution >= 4 is 17.2 Å². The average Bonchev–Trinajstić information content (AvgIpc) is 3.58. The van der Waals surface area contributed by atoms with Crippen LogP contribution in [0.15, 0.2) is 27.3 Å². The van der Waals surface area contributed by atoms with Gasteiger partial charge in [-0.05, 0) is 58.1 Å². The number of hydrogen-bond donors (Lipinski definition) is 1. The third kappa shape index (κ3) is 4.76. The van der Waals surface area contributed by atoms with Gasteiger partial charge in [0.25, 0.3) is 5.91 Å². The number of aromatic nitrogens is 1. The minimum Gasteiger partial charge on any atom is -0.385 e. The van der Waals surface area contributed by atoms with Crippen molar-refractivity contribution in [2.75, 3.05) is 40.0 Å². The van der Waals surface area contributed by atoms with E-state index in [9.17, 15) is 4.79 Å². The largest absolute Gasteiger partial charge is 0.385 e. The van der Waals surface area contributed by atoms with Gasteiger partial charge >= 0.3 is 0 Å². The highest BCUT2D eigenvalue weighted by Crippen LogP contribution is 2.43. The van der Waals surface area contributed by atoms with Gasteiger partial charge in [-0.25, -0.2) is 0 Å². The Labute approximate surface area is 213 Å². The molecule has 0 bridgehead atoms. The zero-order valence-corrected chi connectivity index (χ0v) is 22.1. The summed E-state index contributed by atoms with van der Waals surface area (Å²) in [7, 11) is 1.73. The molecule has 2 fully saturated rings. The summed E-state index contributed by atoms with van der Waals surface area (Å²) in [6, 6.07) is 0.275. The van der Waals surface area contributed by atoms with Gasteiger partial charge in [0.2, 0.25) is 0 Å². The van der Waals surface area contributed by atoms with Crippen LogP contribution in [0.4, 0.5) is 0 Å². The first kappa shape index (κ1) is 25.2. The molecule has 3 heterocycles. The van der Waals surface area contributed by atoms with E-state index in [1.165, 1.54) is 5.57 Å². The smallest absolute Gasteiger partial charge is 0.253 e. The standard InChI is InChI=1S/C27H39N5O4/c1-16-26-22(25-17(2)30-36-19(25)4)13-20(14-23(26)31(29-16)10-6-11-34-5)18(3)32(21-7-8-21)27(33)24-15-28-9-12-35-24/h13-14,18,21,23-24,26,28H,6-12,15H2,1-5H3/t18-,23?,24-,26?/m1/s1. The number of morpholine rings is 1. The molecular formula is C27H39N5O4. The summed E-state index contributed by atoms with van der Waals surface area (Å²) in [5.41, 5.74) is 5.34. The quantitative estimate of drug-likeness (QED) is 0.525. The number of fused-ring (bicyclic) bond motifs is 1. The number of carbonyl (C=O) groups is 1. The molecule has 0 radical (unpaired) electrons. The predicted octanol–water partition coefficient (Wildman–Crippen LogP) is 2.70. The molecule has 1 saturated heterocycles. The number of hydrazone groups is 1. The second kappa shape index (κ2) is 10.5. The molecule has 4 aliphatic rings. The number of amides is 1. The first-order valence-electron chi connectivity index (χ1n) is 13.2. The molecular weight excluding hydrogens is 458 g/mol. The molecule has 1 aromatic rings. The van der Waals surface area contributed by atoms with E-state index in [0.717, 1.165) is 60.7 Å². The van der Waals surface area contributed by atoms with Crippen LogP contribution in [-0.2, 0) is 14.3 Å². The second-order valence-electron chi connectivity index (χ2n) is 10.4. The lowest BCUT2D eigenvalue weighted by atomic mass is 9.77. The molecule has 196 valence electrons. The van der Waals surface area contributed by atoms with Gasteiger partial charge in [-0.15, -0.1) is 0 Å². The van der Waals surface area contributed by atoms with Crippen molar-refractivity contribution in [2.24, 2.45) is 11.0 Å². The van der Waals surface area contributed by atoms with Crippen molar-refractivity contribution in [2.45, 2.75) is 71.2 Å². The highest BCUT2D eigenvalue weighted by Gasteiger charge is 2.44. The molecule has 1 aromatic heterocycles. The van der Waals surface area contributed by atoms with Crippen molar-refractivity contribution in [1.82, 2.24) is 20.4 Å². The summed E-state index contributed by atoms with van der Waals surface area (Å²) in [5.74, 6) is 1.02.